The molecule has 3 rings (SSSR count). The Morgan fingerprint density at radius 2 is 2.19 bits per heavy atom. The minimum Gasteiger partial charge on any atom is -0.383 e. The van der Waals surface area contributed by atoms with Gasteiger partial charge in [0.2, 0.25) is 5.91 Å². The van der Waals surface area contributed by atoms with Crippen LogP contribution in [0.5, 0.6) is 0 Å². The Labute approximate surface area is 157 Å². The molecule has 7 heteroatoms. The van der Waals surface area contributed by atoms with E-state index in [1.165, 1.54) is 0 Å². The van der Waals surface area contributed by atoms with Crippen LogP contribution in [-0.2, 0) is 29.0 Å². The number of nitrogens with one attached hydrogen (secondary N) is 1. The lowest BCUT2D eigenvalue weighted by Gasteiger charge is -2.09. The van der Waals surface area contributed by atoms with Crippen LogP contribution in [0.3, 0.4) is 0 Å². The molecule has 0 aliphatic rings. The molecule has 0 aliphatic carbocycles. The number of hydrogen-bond acceptors (Lipinski definition) is 4. The number of nitrogens with zero attached hydrogens (tertiary/aromatic N) is 3. The van der Waals surface area contributed by atoms with Crippen molar-refractivity contribution < 1.29 is 9.53 Å². The van der Waals surface area contributed by atoms with Crippen molar-refractivity contribution in [2.45, 2.75) is 25.9 Å². The maximum Gasteiger partial charge on any atom is 0.220 e. The van der Waals surface area contributed by atoms with Gasteiger partial charge in [-0.2, -0.15) is 0 Å². The second-order valence-corrected chi connectivity index (χ2v) is 6.36. The largest absolute Gasteiger partial charge is 0.383 e. The molecule has 0 atom stereocenters. The van der Waals surface area contributed by atoms with E-state index in [-0.39, 0.29) is 5.91 Å². The van der Waals surface area contributed by atoms with Crippen molar-refractivity contribution in [3.8, 4) is 0 Å². The summed E-state index contributed by atoms with van der Waals surface area (Å²) in [5.74, 6) is 0.817. The molecule has 0 radical (unpaired) electrons. The lowest BCUT2D eigenvalue weighted by Crippen LogP contribution is -2.23. The quantitative estimate of drug-likeness (QED) is 0.660. The van der Waals surface area contributed by atoms with Gasteiger partial charge in [0.15, 0.2) is 5.65 Å². The summed E-state index contributed by atoms with van der Waals surface area (Å²) in [4.78, 5) is 21.2. The zero-order valence-electron chi connectivity index (χ0n) is 14.6. The lowest BCUT2D eigenvalue weighted by atomic mass is 10.2. The van der Waals surface area contributed by atoms with Gasteiger partial charge in [-0.1, -0.05) is 23.7 Å². The number of aryl methyl sites for hydroxylation is 1. The van der Waals surface area contributed by atoms with E-state index in [0.29, 0.717) is 37.6 Å². The van der Waals surface area contributed by atoms with Crippen LogP contribution in [0.4, 0.5) is 0 Å². The number of hydrogen-bond donors (Lipinski definition) is 1. The summed E-state index contributed by atoms with van der Waals surface area (Å²) in [5.41, 5.74) is 2.62. The highest BCUT2D eigenvalue weighted by atomic mass is 35.5. The molecule has 0 unspecified atom stereocenters. The second kappa shape index (κ2) is 8.78. The maximum absolute atomic E-state index is 12.2. The Morgan fingerprint density at radius 3 is 3.00 bits per heavy atom. The number of carbonyl (C=O) groups excluding carboxylic acids is 1. The number of benzene rings is 1. The SMILES string of the molecule is COCCn1c(CCC(=O)NCc2cccc(Cl)c2)nc2cccnc21. The third-order valence-electron chi connectivity index (χ3n) is 4.06. The fraction of sp³-hybridized carbons (Fsp3) is 0.316. The van der Waals surface area contributed by atoms with Crippen LogP contribution < -0.4 is 5.32 Å². The van der Waals surface area contributed by atoms with Gasteiger partial charge in [0, 0.05) is 44.3 Å². The Morgan fingerprint density at radius 1 is 1.31 bits per heavy atom. The van der Waals surface area contributed by atoms with Crippen LogP contribution >= 0.6 is 11.6 Å². The molecule has 0 fully saturated rings. The van der Waals surface area contributed by atoms with Crippen molar-refractivity contribution in [2.24, 2.45) is 0 Å². The van der Waals surface area contributed by atoms with Gasteiger partial charge in [-0.15, -0.1) is 0 Å². The highest BCUT2D eigenvalue weighted by Crippen LogP contribution is 2.15. The number of imidazole rings is 1. The molecule has 0 saturated heterocycles. The van der Waals surface area contributed by atoms with E-state index in [0.717, 1.165) is 22.6 Å². The van der Waals surface area contributed by atoms with Crippen molar-refractivity contribution in [1.82, 2.24) is 19.9 Å². The zero-order valence-corrected chi connectivity index (χ0v) is 15.4. The Kier molecular flexibility index (Phi) is 6.20. The summed E-state index contributed by atoms with van der Waals surface area (Å²) in [5, 5.41) is 3.58. The van der Waals surface area contributed by atoms with E-state index in [2.05, 4.69) is 15.3 Å². The van der Waals surface area contributed by atoms with Crippen molar-refractivity contribution in [2.75, 3.05) is 13.7 Å². The normalized spacial score (nSPS) is 11.0. The average molecular weight is 373 g/mol. The molecule has 2 aromatic heterocycles. The molecule has 2 heterocycles. The molecule has 3 aromatic rings. The predicted molar refractivity (Wildman–Crippen MR) is 101 cm³/mol. The summed E-state index contributed by atoms with van der Waals surface area (Å²) in [6.45, 7) is 1.68. The van der Waals surface area contributed by atoms with Crippen molar-refractivity contribution >= 4 is 28.7 Å². The zero-order chi connectivity index (χ0) is 18.4. The van der Waals surface area contributed by atoms with Gasteiger partial charge >= 0.3 is 0 Å². The molecule has 1 aromatic carbocycles. The second-order valence-electron chi connectivity index (χ2n) is 5.93. The molecule has 6 nitrogen and oxygen atoms in total. The number of amides is 1. The number of carbonyl (C=O) groups is 1. The molecule has 26 heavy (non-hydrogen) atoms. The van der Waals surface area contributed by atoms with E-state index in [1.807, 2.05) is 41.0 Å². The molecule has 1 amide bonds. The Bertz CT molecular complexity index is 894. The average Bonchev–Trinajstić information content (AvgIpc) is 3.00. The Hall–Kier alpha value is -2.44. The maximum atomic E-state index is 12.2. The van der Waals surface area contributed by atoms with Gasteiger partial charge < -0.3 is 14.6 Å². The van der Waals surface area contributed by atoms with E-state index < -0.39 is 0 Å². The van der Waals surface area contributed by atoms with Gasteiger partial charge in [-0.05, 0) is 29.8 Å². The number of pyridine rings is 1. The lowest BCUT2D eigenvalue weighted by molar-refractivity contribution is -0.121. The number of fused-ring (bicyclic) bond motifs is 1. The first-order chi connectivity index (χ1) is 12.7. The number of halogens is 1. The van der Waals surface area contributed by atoms with Crippen molar-refractivity contribution in [1.29, 1.82) is 0 Å². The number of rotatable bonds is 8. The van der Waals surface area contributed by atoms with E-state index in [9.17, 15) is 4.79 Å². The first kappa shape index (κ1) is 18.4. The molecule has 0 aliphatic heterocycles. The van der Waals surface area contributed by atoms with Crippen LogP contribution in [0.1, 0.15) is 17.8 Å². The van der Waals surface area contributed by atoms with Crippen molar-refractivity contribution in [3.05, 3.63) is 59.0 Å². The third-order valence-corrected chi connectivity index (χ3v) is 4.29. The van der Waals surface area contributed by atoms with Crippen LogP contribution in [0.15, 0.2) is 42.6 Å². The topological polar surface area (TPSA) is 69.0 Å². The summed E-state index contributed by atoms with van der Waals surface area (Å²) < 4.78 is 7.19. The summed E-state index contributed by atoms with van der Waals surface area (Å²) in [6.07, 6.45) is 2.65. The van der Waals surface area contributed by atoms with E-state index >= 15 is 0 Å². The molecule has 0 spiro atoms. The van der Waals surface area contributed by atoms with Gasteiger partial charge in [0.05, 0.1) is 6.61 Å². The monoisotopic (exact) mass is 372 g/mol. The fourth-order valence-corrected chi connectivity index (χ4v) is 2.99. The fourth-order valence-electron chi connectivity index (χ4n) is 2.78. The third kappa shape index (κ3) is 4.59. The summed E-state index contributed by atoms with van der Waals surface area (Å²) in [6, 6.07) is 11.2. The van der Waals surface area contributed by atoms with Gasteiger partial charge in [-0.25, -0.2) is 9.97 Å². The van der Waals surface area contributed by atoms with Crippen LogP contribution in [0, 0.1) is 0 Å². The van der Waals surface area contributed by atoms with Gasteiger partial charge in [-0.3, -0.25) is 4.79 Å². The molecule has 0 saturated carbocycles. The van der Waals surface area contributed by atoms with Gasteiger partial charge in [0.1, 0.15) is 11.3 Å². The van der Waals surface area contributed by atoms with E-state index in [4.69, 9.17) is 16.3 Å². The molecule has 1 N–H and O–H groups in total. The van der Waals surface area contributed by atoms with E-state index in [1.54, 1.807) is 13.3 Å². The summed E-state index contributed by atoms with van der Waals surface area (Å²) >= 11 is 5.96. The molecular formula is C19H21ClN4O2. The molecular weight excluding hydrogens is 352 g/mol. The van der Waals surface area contributed by atoms with Crippen molar-refractivity contribution in [3.63, 3.8) is 0 Å². The predicted octanol–water partition coefficient (Wildman–Crippen LogP) is 2.98. The number of ether oxygens (including phenoxy) is 1. The van der Waals surface area contributed by atoms with Crippen LogP contribution in [-0.4, -0.2) is 34.2 Å². The molecule has 0 bridgehead atoms. The highest BCUT2D eigenvalue weighted by Gasteiger charge is 2.13. The minimum atomic E-state index is -0.0247. The summed E-state index contributed by atoms with van der Waals surface area (Å²) in [7, 11) is 1.66. The highest BCUT2D eigenvalue weighted by molar-refractivity contribution is 6.30. The standard InChI is InChI=1S/C19H21ClN4O2/c1-26-11-10-24-17(23-16-6-3-9-21-19(16)24)7-8-18(25)22-13-14-4-2-5-15(20)12-14/h2-6,9,12H,7-8,10-11,13H2,1H3,(H,22,25). The molecule has 136 valence electrons. The number of aromatic nitrogens is 3. The van der Waals surface area contributed by atoms with Crippen LogP contribution in [0.25, 0.3) is 11.2 Å². The Balaban J connectivity index is 1.62. The van der Waals surface area contributed by atoms with Crippen LogP contribution in [0.2, 0.25) is 5.02 Å². The first-order valence-electron chi connectivity index (χ1n) is 8.47. The minimum absolute atomic E-state index is 0.0247. The number of methoxy groups -OCH3 is 1. The first-order valence-corrected chi connectivity index (χ1v) is 8.85. The smallest absolute Gasteiger partial charge is 0.220 e. The van der Waals surface area contributed by atoms with Gasteiger partial charge in [0.25, 0.3) is 0 Å².